The zero-order valence-corrected chi connectivity index (χ0v) is 5.35. The summed E-state index contributed by atoms with van der Waals surface area (Å²) in [5, 5.41) is 0. The minimum atomic E-state index is 0. The van der Waals surface area contributed by atoms with Crippen LogP contribution < -0.4 is 0 Å². The van der Waals surface area contributed by atoms with E-state index >= 15 is 0 Å². The summed E-state index contributed by atoms with van der Waals surface area (Å²) in [6, 6.07) is 0. The predicted molar refractivity (Wildman–Crippen MR) is 2.75 cm³/mol. The molecule has 0 rings (SSSR count). The Morgan fingerprint density at radius 1 is 0.500 bits per heavy atom. The van der Waals surface area contributed by atoms with Crippen LogP contribution in [0.5, 0.6) is 0 Å². The monoisotopic (exact) mass is 220 g/mol. The summed E-state index contributed by atoms with van der Waals surface area (Å²) in [7, 11) is 0. The molecule has 0 N–H and O–H groups in total. The molecule has 0 atom stereocenters. The van der Waals surface area contributed by atoms with Crippen LogP contribution in [0.4, 0.5) is 0 Å². The van der Waals surface area contributed by atoms with E-state index < -0.39 is 0 Å². The van der Waals surface area contributed by atoms with Crippen LogP contribution >= 0.6 is 0 Å². The third-order valence-corrected chi connectivity index (χ3v) is 0. The maximum Gasteiger partial charge on any atom is 2.00 e. The van der Waals surface area contributed by atoms with E-state index in [0.717, 1.165) is 0 Å². The standard InChI is InChI=1S/Mo.Ni.4O/q;+2;4*-2. The molecule has 0 aromatic carbocycles. The summed E-state index contributed by atoms with van der Waals surface area (Å²) in [5.41, 5.74) is 0. The van der Waals surface area contributed by atoms with E-state index in [0.29, 0.717) is 0 Å². The van der Waals surface area contributed by atoms with Gasteiger partial charge in [-0.2, -0.15) is 0 Å². The van der Waals surface area contributed by atoms with Crippen molar-refractivity contribution in [2.45, 2.75) is 0 Å². The summed E-state index contributed by atoms with van der Waals surface area (Å²) < 4.78 is 0. The average Bonchev–Trinajstić information content (AvgIpc) is 0. The Kier molecular flexibility index (Phi) is 5910. The van der Waals surface area contributed by atoms with Crippen molar-refractivity contribution in [3.05, 3.63) is 0 Å². The number of hydrogen-bond donors (Lipinski definition) is 0. The Balaban J connectivity index is 0. The fourth-order valence-electron chi connectivity index (χ4n) is 0. The van der Waals surface area contributed by atoms with Gasteiger partial charge in [-0.1, -0.05) is 0 Å². The van der Waals surface area contributed by atoms with E-state index in [4.69, 9.17) is 0 Å². The first-order valence-electron chi connectivity index (χ1n) is 0. The Morgan fingerprint density at radius 3 is 0.500 bits per heavy atom. The molecular formula is MoNiO4-6. The van der Waals surface area contributed by atoms with Gasteiger partial charge in [0.25, 0.3) is 0 Å². The van der Waals surface area contributed by atoms with Crippen LogP contribution in [0.15, 0.2) is 0 Å². The second kappa shape index (κ2) is 145. The van der Waals surface area contributed by atoms with Gasteiger partial charge in [0.2, 0.25) is 0 Å². The topological polar surface area (TPSA) is 114 Å². The van der Waals surface area contributed by atoms with Crippen molar-refractivity contribution < 1.29 is 59.5 Å². The SMILES string of the molecule is [Mo].[Ni+2].[O-2].[O-2].[O-2].[O-2]. The van der Waals surface area contributed by atoms with Gasteiger partial charge in [-0.15, -0.1) is 0 Å². The van der Waals surface area contributed by atoms with Gasteiger partial charge in [0.15, 0.2) is 0 Å². The molecule has 0 spiro atoms. The molecule has 0 fully saturated rings. The molecule has 0 aliphatic heterocycles. The number of rotatable bonds is 0. The Morgan fingerprint density at radius 2 is 0.500 bits per heavy atom. The maximum absolute atomic E-state index is 0. The van der Waals surface area contributed by atoms with Gasteiger partial charge in [-0.25, -0.2) is 0 Å². The summed E-state index contributed by atoms with van der Waals surface area (Å²) in [6.07, 6.45) is 0. The minimum Gasteiger partial charge on any atom is -2.00 e. The summed E-state index contributed by atoms with van der Waals surface area (Å²) in [4.78, 5) is 0. The van der Waals surface area contributed by atoms with Crippen molar-refractivity contribution in [2.24, 2.45) is 0 Å². The van der Waals surface area contributed by atoms with Crippen molar-refractivity contribution in [3.8, 4) is 0 Å². The molecule has 0 radical (unpaired) electrons. The first-order chi connectivity index (χ1) is 0. The van der Waals surface area contributed by atoms with Crippen molar-refractivity contribution in [3.63, 3.8) is 0 Å². The molecule has 4 nitrogen and oxygen atoms in total. The summed E-state index contributed by atoms with van der Waals surface area (Å²) >= 11 is 0. The molecular weight excluding hydrogens is 219 g/mol. The zero-order chi connectivity index (χ0) is 0. The van der Waals surface area contributed by atoms with E-state index in [-0.39, 0.29) is 59.5 Å². The minimum absolute atomic E-state index is 0. The van der Waals surface area contributed by atoms with Crippen LogP contribution in [0.2, 0.25) is 0 Å². The maximum atomic E-state index is 0. The van der Waals surface area contributed by atoms with Gasteiger partial charge in [0.1, 0.15) is 0 Å². The molecule has 0 aromatic rings. The second-order valence-electron chi connectivity index (χ2n) is 0. The third kappa shape index (κ3) is 77.8. The molecule has 0 aliphatic rings. The second-order valence-corrected chi connectivity index (χ2v) is 0. The quantitative estimate of drug-likeness (QED) is 0.489. The van der Waals surface area contributed by atoms with E-state index in [1.54, 1.807) is 0 Å². The first kappa shape index (κ1) is 244. The van der Waals surface area contributed by atoms with E-state index in [1.165, 1.54) is 0 Å². The van der Waals surface area contributed by atoms with Crippen LogP contribution in [-0.4, -0.2) is 0 Å². The molecule has 0 heterocycles. The molecule has 46 valence electrons. The molecule has 6 heavy (non-hydrogen) atoms. The van der Waals surface area contributed by atoms with Gasteiger partial charge in [-0.05, 0) is 0 Å². The smallest absolute Gasteiger partial charge is 2.00 e. The van der Waals surface area contributed by atoms with Crippen molar-refractivity contribution >= 4 is 0 Å². The Bertz CT molecular complexity index is 7.51. The van der Waals surface area contributed by atoms with Crippen LogP contribution in [-0.2, 0) is 59.5 Å². The van der Waals surface area contributed by atoms with Crippen LogP contribution in [0.25, 0.3) is 0 Å². The molecule has 0 aromatic heterocycles. The molecule has 6 heteroatoms. The van der Waals surface area contributed by atoms with Crippen molar-refractivity contribution in [1.29, 1.82) is 0 Å². The van der Waals surface area contributed by atoms with Crippen molar-refractivity contribution in [2.75, 3.05) is 0 Å². The average molecular weight is 219 g/mol. The van der Waals surface area contributed by atoms with Gasteiger partial charge in [0, 0.05) is 21.1 Å². The Labute approximate surface area is 59.7 Å². The van der Waals surface area contributed by atoms with Gasteiger partial charge in [0.05, 0.1) is 0 Å². The Hall–Kier alpha value is 1.02. The molecule has 0 unspecified atom stereocenters. The summed E-state index contributed by atoms with van der Waals surface area (Å²) in [6.45, 7) is 0. The van der Waals surface area contributed by atoms with Gasteiger partial charge in [-0.3, -0.25) is 0 Å². The first-order valence-corrected chi connectivity index (χ1v) is 0. The summed E-state index contributed by atoms with van der Waals surface area (Å²) in [5.74, 6) is 0. The molecule has 0 saturated carbocycles. The predicted octanol–water partition coefficient (Wildman–Crippen LogP) is -0.480. The van der Waals surface area contributed by atoms with E-state index in [9.17, 15) is 0 Å². The van der Waals surface area contributed by atoms with Crippen LogP contribution in [0.1, 0.15) is 0 Å². The van der Waals surface area contributed by atoms with Crippen LogP contribution in [0, 0.1) is 0 Å². The van der Waals surface area contributed by atoms with E-state index in [1.807, 2.05) is 0 Å². The largest absolute Gasteiger partial charge is 2.00 e. The molecule has 0 saturated heterocycles. The fraction of sp³-hybridized carbons (Fsp3) is 0. The van der Waals surface area contributed by atoms with Gasteiger partial charge >= 0.3 is 16.5 Å². The molecule has 0 aliphatic carbocycles. The molecule has 0 amide bonds. The fourth-order valence-corrected chi connectivity index (χ4v) is 0. The van der Waals surface area contributed by atoms with Crippen LogP contribution in [0.3, 0.4) is 0 Å². The van der Waals surface area contributed by atoms with E-state index in [2.05, 4.69) is 0 Å². The normalized spacial score (nSPS) is 0. The molecule has 0 bridgehead atoms. The third-order valence-electron chi connectivity index (χ3n) is 0. The van der Waals surface area contributed by atoms with Crippen molar-refractivity contribution in [1.82, 2.24) is 0 Å². The zero-order valence-electron chi connectivity index (χ0n) is 2.36. The van der Waals surface area contributed by atoms with Gasteiger partial charge < -0.3 is 21.9 Å². The number of hydrogen-bond acceptors (Lipinski definition) is 0.